The lowest BCUT2D eigenvalue weighted by molar-refractivity contribution is -0.633. The molecule has 4 heteroatoms. The second-order valence-electron chi connectivity index (χ2n) is 6.87. The van der Waals surface area contributed by atoms with Gasteiger partial charge in [-0.3, -0.25) is 0 Å². The SMILES string of the molecule is c1cn(C23C4C5C2C2C3C4C52n2ccnc2)cn1. The molecule has 0 saturated heterocycles. The van der Waals surface area contributed by atoms with Gasteiger partial charge < -0.3 is 9.13 Å². The van der Waals surface area contributed by atoms with E-state index >= 15 is 0 Å². The average Bonchev–Trinajstić information content (AvgIpc) is 3.11. The van der Waals surface area contributed by atoms with Gasteiger partial charge in [-0.2, -0.15) is 0 Å². The van der Waals surface area contributed by atoms with Gasteiger partial charge >= 0.3 is 0 Å². The molecule has 0 unspecified atom stereocenters. The highest BCUT2D eigenvalue weighted by molar-refractivity contribution is 5.58. The van der Waals surface area contributed by atoms with Crippen molar-refractivity contribution < 1.29 is 0 Å². The summed E-state index contributed by atoms with van der Waals surface area (Å²) in [6.07, 6.45) is 12.3. The molecule has 2 heterocycles. The quantitative estimate of drug-likeness (QED) is 0.777. The molecule has 88 valence electrons. The van der Waals surface area contributed by atoms with Crippen LogP contribution in [0.2, 0.25) is 0 Å². The zero-order chi connectivity index (χ0) is 11.3. The number of nitrogens with zero attached hydrogens (tertiary/aromatic N) is 4. The molecule has 0 radical (unpaired) electrons. The highest BCUT2D eigenvalue weighted by Gasteiger charge is 3.11. The van der Waals surface area contributed by atoms with Gasteiger partial charge in [-0.05, 0) is 35.5 Å². The van der Waals surface area contributed by atoms with Crippen LogP contribution in [0.1, 0.15) is 0 Å². The Balaban J connectivity index is 1.40. The Labute approximate surface area is 104 Å². The molecule has 0 amide bonds. The number of imidazole rings is 2. The standard InChI is InChI=1S/C14H12N4/c1-3-17(5-15-1)13-7-10-8(13)12-9(13)11(7)14(10,12)18-4-2-16-6-18/h1-12H. The molecule has 0 aromatic carbocycles. The third kappa shape index (κ3) is 0.364. The van der Waals surface area contributed by atoms with Gasteiger partial charge in [0, 0.05) is 24.8 Å². The van der Waals surface area contributed by atoms with E-state index in [1.807, 2.05) is 25.0 Å². The van der Waals surface area contributed by atoms with E-state index < -0.39 is 0 Å². The predicted molar refractivity (Wildman–Crippen MR) is 61.3 cm³/mol. The van der Waals surface area contributed by atoms with Crippen LogP contribution >= 0.6 is 0 Å². The fourth-order valence-corrected chi connectivity index (χ4v) is 7.42. The molecule has 18 heavy (non-hydrogen) atoms. The van der Waals surface area contributed by atoms with Crippen LogP contribution in [0, 0.1) is 35.5 Å². The first-order valence-electron chi connectivity index (χ1n) is 6.91. The Kier molecular flexibility index (Phi) is 0.769. The largest absolute Gasteiger partial charge is 0.330 e. The molecule has 6 fully saturated rings. The van der Waals surface area contributed by atoms with Crippen molar-refractivity contribution >= 4 is 0 Å². The minimum absolute atomic E-state index is 0.527. The van der Waals surface area contributed by atoms with Crippen LogP contribution in [0.25, 0.3) is 0 Å². The van der Waals surface area contributed by atoms with E-state index in [1.165, 1.54) is 0 Å². The van der Waals surface area contributed by atoms with Crippen LogP contribution in [-0.4, -0.2) is 19.1 Å². The zero-order valence-electron chi connectivity index (χ0n) is 9.72. The van der Waals surface area contributed by atoms with Crippen LogP contribution in [-0.2, 0) is 11.1 Å². The lowest BCUT2D eigenvalue weighted by atomic mass is 8.96. The Morgan fingerprint density at radius 2 is 1.06 bits per heavy atom. The van der Waals surface area contributed by atoms with E-state index in [4.69, 9.17) is 0 Å². The summed E-state index contributed by atoms with van der Waals surface area (Å²) in [4.78, 5) is 8.51. The van der Waals surface area contributed by atoms with E-state index in [0.29, 0.717) is 11.1 Å². The van der Waals surface area contributed by atoms with Crippen molar-refractivity contribution in [3.05, 3.63) is 37.4 Å². The molecule has 8 rings (SSSR count). The molecule has 4 nitrogen and oxygen atoms in total. The minimum Gasteiger partial charge on any atom is -0.330 e. The van der Waals surface area contributed by atoms with Crippen LogP contribution in [0.15, 0.2) is 37.4 Å². The van der Waals surface area contributed by atoms with Crippen LogP contribution < -0.4 is 0 Å². The maximum atomic E-state index is 4.26. The predicted octanol–water partition coefficient (Wildman–Crippen LogP) is 0.936. The summed E-state index contributed by atoms with van der Waals surface area (Å²) in [6.45, 7) is 0. The van der Waals surface area contributed by atoms with Crippen molar-refractivity contribution in [2.45, 2.75) is 11.1 Å². The van der Waals surface area contributed by atoms with Crippen molar-refractivity contribution in [3.63, 3.8) is 0 Å². The number of hydrogen-bond donors (Lipinski definition) is 0. The second-order valence-corrected chi connectivity index (χ2v) is 6.87. The summed E-state index contributed by atoms with van der Waals surface area (Å²) < 4.78 is 4.88. The van der Waals surface area contributed by atoms with Gasteiger partial charge in [0.05, 0.1) is 23.7 Å². The smallest absolute Gasteiger partial charge is 0.0951 e. The Morgan fingerprint density at radius 3 is 1.33 bits per heavy atom. The fraction of sp³-hybridized carbons (Fsp3) is 0.571. The molecule has 0 N–H and O–H groups in total. The molecular formula is C14H12N4. The van der Waals surface area contributed by atoms with Gasteiger partial charge in [-0.15, -0.1) is 0 Å². The first-order chi connectivity index (χ1) is 8.94. The molecule has 0 atom stereocenters. The van der Waals surface area contributed by atoms with Crippen molar-refractivity contribution in [2.24, 2.45) is 35.5 Å². The van der Waals surface area contributed by atoms with E-state index in [-0.39, 0.29) is 0 Å². The van der Waals surface area contributed by atoms with Gasteiger partial charge in [0.1, 0.15) is 0 Å². The monoisotopic (exact) mass is 236 g/mol. The van der Waals surface area contributed by atoms with Crippen molar-refractivity contribution in [1.29, 1.82) is 0 Å². The van der Waals surface area contributed by atoms with Gasteiger partial charge in [-0.25, -0.2) is 9.97 Å². The summed E-state index contributed by atoms with van der Waals surface area (Å²) in [5.74, 6) is 5.72. The number of rotatable bonds is 2. The molecule has 0 spiro atoms. The zero-order valence-corrected chi connectivity index (χ0v) is 9.72. The Morgan fingerprint density at radius 1 is 0.667 bits per heavy atom. The van der Waals surface area contributed by atoms with E-state index in [1.54, 1.807) is 0 Å². The highest BCUT2D eigenvalue weighted by atomic mass is 15.4. The van der Waals surface area contributed by atoms with Gasteiger partial charge in [0.2, 0.25) is 0 Å². The highest BCUT2D eigenvalue weighted by Crippen LogP contribution is 3.07. The Hall–Kier alpha value is -1.58. The van der Waals surface area contributed by atoms with E-state index in [2.05, 4.69) is 31.5 Å². The minimum atomic E-state index is 0.527. The first-order valence-corrected chi connectivity index (χ1v) is 6.91. The van der Waals surface area contributed by atoms with Crippen LogP contribution in [0.3, 0.4) is 0 Å². The number of aromatic nitrogens is 4. The van der Waals surface area contributed by atoms with E-state index in [0.717, 1.165) is 35.5 Å². The molecule has 2 aromatic heterocycles. The second kappa shape index (κ2) is 1.78. The molecule has 2 aromatic rings. The normalized spacial score (nSPS) is 62.9. The van der Waals surface area contributed by atoms with Gasteiger partial charge in [-0.1, -0.05) is 0 Å². The van der Waals surface area contributed by atoms with Gasteiger partial charge in [0.15, 0.2) is 0 Å². The Bertz CT molecular complexity index is 582. The average molecular weight is 236 g/mol. The molecule has 0 bridgehead atoms. The summed E-state index contributed by atoms with van der Waals surface area (Å²) in [5, 5.41) is 0. The summed E-state index contributed by atoms with van der Waals surface area (Å²) >= 11 is 0. The summed E-state index contributed by atoms with van der Waals surface area (Å²) in [7, 11) is 0. The third-order valence-corrected chi connectivity index (χ3v) is 7.43. The van der Waals surface area contributed by atoms with Crippen LogP contribution in [0.4, 0.5) is 0 Å². The molecule has 6 aliphatic carbocycles. The lowest BCUT2D eigenvalue weighted by Crippen LogP contribution is -3.14. The van der Waals surface area contributed by atoms with E-state index in [9.17, 15) is 0 Å². The fourth-order valence-electron chi connectivity index (χ4n) is 7.42. The third-order valence-electron chi connectivity index (χ3n) is 7.43. The van der Waals surface area contributed by atoms with Crippen molar-refractivity contribution in [3.8, 4) is 0 Å². The topological polar surface area (TPSA) is 35.6 Å². The maximum absolute atomic E-state index is 4.26. The summed E-state index contributed by atoms with van der Waals surface area (Å²) in [6, 6.07) is 0. The van der Waals surface area contributed by atoms with Crippen molar-refractivity contribution in [1.82, 2.24) is 19.1 Å². The molecule has 6 saturated carbocycles. The molecular weight excluding hydrogens is 224 g/mol. The van der Waals surface area contributed by atoms with Crippen molar-refractivity contribution in [2.75, 3.05) is 0 Å². The van der Waals surface area contributed by atoms with Crippen LogP contribution in [0.5, 0.6) is 0 Å². The summed E-state index contributed by atoms with van der Waals surface area (Å²) in [5.41, 5.74) is 1.05. The van der Waals surface area contributed by atoms with Gasteiger partial charge in [0.25, 0.3) is 0 Å². The first kappa shape index (κ1) is 7.77. The lowest BCUT2D eigenvalue weighted by Gasteiger charge is -3.10. The molecule has 6 aliphatic rings. The number of hydrogen-bond acceptors (Lipinski definition) is 2. The molecule has 0 aliphatic heterocycles. The maximum Gasteiger partial charge on any atom is 0.0951 e.